The van der Waals surface area contributed by atoms with Crippen LogP contribution in [-0.2, 0) is 10.1 Å². The zero-order valence-electron chi connectivity index (χ0n) is 7.84. The number of nitrogens with zero attached hydrogens (tertiary/aromatic N) is 1. The summed E-state index contributed by atoms with van der Waals surface area (Å²) in [5.41, 5.74) is -0.266. The molecule has 0 aliphatic rings. The van der Waals surface area contributed by atoms with Gasteiger partial charge in [-0.3, -0.25) is 4.98 Å². The van der Waals surface area contributed by atoms with Crippen molar-refractivity contribution in [1.29, 1.82) is 0 Å². The van der Waals surface area contributed by atoms with Crippen LogP contribution in [0.25, 0.3) is 0 Å². The lowest BCUT2D eigenvalue weighted by Gasteiger charge is -2.09. The minimum absolute atomic E-state index is 0.160. The number of hydrogen-bond donors (Lipinski definition) is 0. The van der Waals surface area contributed by atoms with Crippen LogP contribution in [-0.4, -0.2) is 18.1 Å². The van der Waals surface area contributed by atoms with Crippen molar-refractivity contribution < 1.29 is 18.3 Å². The number of alkyl halides is 3. The van der Waals surface area contributed by atoms with Crippen molar-refractivity contribution in [2.75, 3.05) is 7.11 Å². The Balaban J connectivity index is 3.33. The van der Waals surface area contributed by atoms with Gasteiger partial charge in [0.15, 0.2) is 0 Å². The van der Waals surface area contributed by atoms with Gasteiger partial charge in [-0.25, -0.2) is 13.6 Å². The lowest BCUT2D eigenvalue weighted by atomic mass is 10.1. The smallest absolute Gasteiger partial charge is 0.340 e. The number of methoxy groups -OCH3 is 1. The third kappa shape index (κ3) is 2.50. The highest BCUT2D eigenvalue weighted by molar-refractivity contribution is 9.08. The van der Waals surface area contributed by atoms with Gasteiger partial charge in [0, 0.05) is 17.1 Å². The number of halogens is 3. The maximum atomic E-state index is 12.6. The van der Waals surface area contributed by atoms with Crippen LogP contribution in [0.5, 0.6) is 0 Å². The van der Waals surface area contributed by atoms with Crippen molar-refractivity contribution in [3.8, 4) is 0 Å². The Hall–Kier alpha value is -1.04. The van der Waals surface area contributed by atoms with E-state index in [0.29, 0.717) is 0 Å². The fraction of sp³-hybridized carbons (Fsp3) is 0.333. The van der Waals surface area contributed by atoms with E-state index >= 15 is 0 Å². The number of carbonyl (C=O) groups is 1. The van der Waals surface area contributed by atoms with Gasteiger partial charge in [0.2, 0.25) is 0 Å². The van der Waals surface area contributed by atoms with Gasteiger partial charge in [-0.2, -0.15) is 0 Å². The second-order valence-corrected chi connectivity index (χ2v) is 3.21. The van der Waals surface area contributed by atoms with Crippen molar-refractivity contribution in [2.45, 2.75) is 11.8 Å². The van der Waals surface area contributed by atoms with Crippen LogP contribution in [0.15, 0.2) is 12.3 Å². The van der Waals surface area contributed by atoms with Gasteiger partial charge < -0.3 is 4.74 Å². The summed E-state index contributed by atoms with van der Waals surface area (Å²) >= 11 is 3.07. The van der Waals surface area contributed by atoms with E-state index in [1.807, 2.05) is 0 Å². The van der Waals surface area contributed by atoms with Gasteiger partial charge in [0.25, 0.3) is 6.43 Å². The van der Waals surface area contributed by atoms with Gasteiger partial charge in [-0.15, -0.1) is 0 Å². The average Bonchev–Trinajstić information content (AvgIpc) is 2.26. The Labute approximate surface area is 93.6 Å². The highest BCUT2D eigenvalue weighted by atomic mass is 79.9. The highest BCUT2D eigenvalue weighted by Gasteiger charge is 2.22. The summed E-state index contributed by atoms with van der Waals surface area (Å²) in [5.74, 6) is -0.798. The van der Waals surface area contributed by atoms with Crippen molar-refractivity contribution in [2.24, 2.45) is 0 Å². The first-order valence-corrected chi connectivity index (χ1v) is 5.14. The largest absolute Gasteiger partial charge is 0.465 e. The van der Waals surface area contributed by atoms with E-state index in [1.165, 1.54) is 6.20 Å². The molecule has 0 aromatic carbocycles. The highest BCUT2D eigenvalue weighted by Crippen LogP contribution is 2.25. The van der Waals surface area contributed by atoms with Gasteiger partial charge in [0.1, 0.15) is 0 Å². The van der Waals surface area contributed by atoms with Crippen molar-refractivity contribution >= 4 is 21.9 Å². The van der Waals surface area contributed by atoms with Crippen LogP contribution in [0.1, 0.15) is 28.0 Å². The molecule has 0 aliphatic carbocycles. The molecule has 0 bridgehead atoms. The van der Waals surface area contributed by atoms with E-state index in [4.69, 9.17) is 0 Å². The third-order valence-electron chi connectivity index (χ3n) is 1.81. The standard InChI is InChI=1S/C9H8BrF2NO2/c1-15-9(14)7-5(8(11)12)2-3-13-6(7)4-10/h2-3,8H,4H2,1H3. The number of pyridine rings is 1. The predicted octanol–water partition coefficient (Wildman–Crippen LogP) is 2.70. The SMILES string of the molecule is COC(=O)c1c(C(F)F)ccnc1CBr. The maximum absolute atomic E-state index is 12.6. The number of hydrogen-bond acceptors (Lipinski definition) is 3. The predicted molar refractivity (Wildman–Crippen MR) is 53.2 cm³/mol. The molecule has 15 heavy (non-hydrogen) atoms. The van der Waals surface area contributed by atoms with Crippen LogP contribution < -0.4 is 0 Å². The maximum Gasteiger partial charge on any atom is 0.340 e. The third-order valence-corrected chi connectivity index (χ3v) is 2.34. The summed E-state index contributed by atoms with van der Waals surface area (Å²) in [5, 5.41) is 0.220. The topological polar surface area (TPSA) is 39.2 Å². The average molecular weight is 280 g/mol. The van der Waals surface area contributed by atoms with Crippen LogP contribution in [0.4, 0.5) is 8.78 Å². The molecule has 1 aromatic heterocycles. The molecule has 0 unspecified atom stereocenters. The van der Waals surface area contributed by atoms with E-state index < -0.39 is 12.4 Å². The van der Waals surface area contributed by atoms with Crippen LogP contribution in [0.3, 0.4) is 0 Å². The molecule has 0 amide bonds. The normalized spacial score (nSPS) is 10.5. The molecular formula is C9H8BrF2NO2. The summed E-state index contributed by atoms with van der Waals surface area (Å²) in [7, 11) is 1.14. The fourth-order valence-electron chi connectivity index (χ4n) is 1.14. The van der Waals surface area contributed by atoms with Crippen LogP contribution in [0.2, 0.25) is 0 Å². The van der Waals surface area contributed by atoms with Crippen molar-refractivity contribution in [3.05, 3.63) is 29.1 Å². The molecule has 3 nitrogen and oxygen atoms in total. The molecule has 1 heterocycles. The number of aromatic nitrogens is 1. The first kappa shape index (κ1) is 12.0. The zero-order valence-corrected chi connectivity index (χ0v) is 9.42. The zero-order chi connectivity index (χ0) is 11.4. The van der Waals surface area contributed by atoms with Crippen LogP contribution in [0, 0.1) is 0 Å². The summed E-state index contributed by atoms with van der Waals surface area (Å²) in [6, 6.07) is 1.11. The Bertz CT molecular complexity index is 371. The minimum Gasteiger partial charge on any atom is -0.465 e. The number of esters is 1. The van der Waals surface area contributed by atoms with Crippen molar-refractivity contribution in [3.63, 3.8) is 0 Å². The lowest BCUT2D eigenvalue weighted by Crippen LogP contribution is -2.11. The minimum atomic E-state index is -2.72. The Kier molecular flexibility index (Phi) is 4.14. The van der Waals surface area contributed by atoms with E-state index in [9.17, 15) is 13.6 Å². The second-order valence-electron chi connectivity index (χ2n) is 2.65. The fourth-order valence-corrected chi connectivity index (χ4v) is 1.57. The molecule has 1 aromatic rings. The molecule has 0 spiro atoms. The summed E-state index contributed by atoms with van der Waals surface area (Å²) in [6.45, 7) is 0. The molecular weight excluding hydrogens is 272 g/mol. The van der Waals surface area contributed by atoms with Gasteiger partial charge in [-0.05, 0) is 6.07 Å². The molecule has 0 N–H and O–H groups in total. The molecule has 0 saturated heterocycles. The second kappa shape index (κ2) is 5.16. The summed E-state index contributed by atoms with van der Waals surface area (Å²) in [4.78, 5) is 15.1. The van der Waals surface area contributed by atoms with E-state index in [1.54, 1.807) is 0 Å². The van der Waals surface area contributed by atoms with Crippen LogP contribution >= 0.6 is 15.9 Å². The molecule has 0 aliphatic heterocycles. The van der Waals surface area contributed by atoms with E-state index in [2.05, 4.69) is 25.7 Å². The molecule has 0 saturated carbocycles. The van der Waals surface area contributed by atoms with Gasteiger partial charge in [0.05, 0.1) is 18.4 Å². The van der Waals surface area contributed by atoms with E-state index in [-0.39, 0.29) is 22.2 Å². The molecule has 0 atom stereocenters. The first-order valence-electron chi connectivity index (χ1n) is 4.02. The van der Waals surface area contributed by atoms with Gasteiger partial charge in [-0.1, -0.05) is 15.9 Å². The first-order chi connectivity index (χ1) is 7.11. The monoisotopic (exact) mass is 279 g/mol. The van der Waals surface area contributed by atoms with E-state index in [0.717, 1.165) is 13.2 Å². The molecule has 0 fully saturated rings. The number of carbonyl (C=O) groups excluding carboxylic acids is 1. The number of rotatable bonds is 3. The Morgan fingerprint density at radius 1 is 1.67 bits per heavy atom. The lowest BCUT2D eigenvalue weighted by molar-refractivity contribution is 0.0587. The summed E-state index contributed by atoms with van der Waals surface area (Å²) in [6.07, 6.45) is -1.48. The molecule has 1 rings (SSSR count). The quantitative estimate of drug-likeness (QED) is 0.631. The Morgan fingerprint density at radius 2 is 2.33 bits per heavy atom. The Morgan fingerprint density at radius 3 is 2.80 bits per heavy atom. The summed E-state index contributed by atoms with van der Waals surface area (Å²) < 4.78 is 29.6. The van der Waals surface area contributed by atoms with Gasteiger partial charge >= 0.3 is 5.97 Å². The molecule has 6 heteroatoms. The molecule has 82 valence electrons. The molecule has 0 radical (unpaired) electrons. The number of ether oxygens (including phenoxy) is 1. The van der Waals surface area contributed by atoms with Crippen molar-refractivity contribution in [1.82, 2.24) is 4.98 Å².